The summed E-state index contributed by atoms with van der Waals surface area (Å²) in [5.41, 5.74) is 2.04. The molecule has 0 spiro atoms. The number of aromatic nitrogens is 1. The van der Waals surface area contributed by atoms with Crippen LogP contribution < -0.4 is 5.32 Å². The van der Waals surface area contributed by atoms with Gasteiger partial charge in [-0.2, -0.15) is 0 Å². The molecule has 2 rings (SSSR count). The summed E-state index contributed by atoms with van der Waals surface area (Å²) in [5.74, 6) is 1.62. The van der Waals surface area contributed by atoms with E-state index >= 15 is 0 Å². The van der Waals surface area contributed by atoms with E-state index in [9.17, 15) is 0 Å². The monoisotopic (exact) mass is 328 g/mol. The number of hydrogen-bond donors (Lipinski definition) is 1. The average Bonchev–Trinajstić information content (AvgIpc) is 2.58. The van der Waals surface area contributed by atoms with E-state index in [4.69, 9.17) is 4.42 Å². The Hall–Kier alpha value is -1.04. The quantitative estimate of drug-likeness (QED) is 0.877. The molecule has 0 aliphatic rings. The molecule has 0 radical (unpaired) electrons. The normalized spacial score (nSPS) is 10.4. The first-order valence-electron chi connectivity index (χ1n) is 5.07. The van der Waals surface area contributed by atoms with Crippen molar-refractivity contribution in [2.24, 2.45) is 0 Å². The van der Waals surface area contributed by atoms with Crippen molar-refractivity contribution in [1.82, 2.24) is 4.98 Å². The number of anilines is 1. The molecule has 16 heavy (non-hydrogen) atoms. The molecule has 0 unspecified atom stereocenters. The Morgan fingerprint density at radius 3 is 2.50 bits per heavy atom. The van der Waals surface area contributed by atoms with Crippen molar-refractivity contribution in [3.05, 3.63) is 45.2 Å². The first-order chi connectivity index (χ1) is 7.65. The fourth-order valence-electron chi connectivity index (χ4n) is 1.36. The number of rotatable bonds is 3. The summed E-state index contributed by atoms with van der Waals surface area (Å²) in [6, 6.07) is 8.22. The molecule has 0 aliphatic heterocycles. The molecule has 3 nitrogen and oxygen atoms in total. The highest BCUT2D eigenvalue weighted by molar-refractivity contribution is 14.1. The Morgan fingerprint density at radius 2 is 1.94 bits per heavy atom. The van der Waals surface area contributed by atoms with E-state index in [1.54, 1.807) is 0 Å². The Morgan fingerprint density at radius 1 is 1.25 bits per heavy atom. The molecular weight excluding hydrogens is 315 g/mol. The topological polar surface area (TPSA) is 38.1 Å². The highest BCUT2D eigenvalue weighted by Crippen LogP contribution is 2.13. The van der Waals surface area contributed by atoms with Crippen molar-refractivity contribution in [3.8, 4) is 0 Å². The van der Waals surface area contributed by atoms with Crippen molar-refractivity contribution in [1.29, 1.82) is 0 Å². The van der Waals surface area contributed by atoms with Crippen LogP contribution in [0.2, 0.25) is 0 Å². The van der Waals surface area contributed by atoms with Gasteiger partial charge in [-0.15, -0.1) is 0 Å². The predicted molar refractivity (Wildman–Crippen MR) is 72.5 cm³/mol. The minimum absolute atomic E-state index is 0.620. The second-order valence-electron chi connectivity index (χ2n) is 3.61. The maximum atomic E-state index is 5.48. The molecule has 84 valence electrons. The Bertz CT molecular complexity index is 457. The maximum Gasteiger partial charge on any atom is 0.213 e. The molecule has 0 atom stereocenters. The SMILES string of the molecule is Cc1nc(CNc2ccc(I)cc2)oc1C. The largest absolute Gasteiger partial charge is 0.444 e. The molecule has 1 aromatic heterocycles. The van der Waals surface area contributed by atoms with E-state index in [1.807, 2.05) is 26.0 Å². The van der Waals surface area contributed by atoms with Crippen LogP contribution in [-0.4, -0.2) is 4.98 Å². The summed E-state index contributed by atoms with van der Waals surface area (Å²) < 4.78 is 6.71. The maximum absolute atomic E-state index is 5.48. The van der Waals surface area contributed by atoms with E-state index in [1.165, 1.54) is 3.57 Å². The molecule has 1 N–H and O–H groups in total. The van der Waals surface area contributed by atoms with Gasteiger partial charge in [0.2, 0.25) is 5.89 Å². The predicted octanol–water partition coefficient (Wildman–Crippen LogP) is 3.51. The van der Waals surface area contributed by atoms with Gasteiger partial charge in [-0.1, -0.05) is 0 Å². The molecule has 4 heteroatoms. The van der Waals surface area contributed by atoms with Gasteiger partial charge >= 0.3 is 0 Å². The second kappa shape index (κ2) is 4.86. The summed E-state index contributed by atoms with van der Waals surface area (Å²) in [7, 11) is 0. The third-order valence-corrected chi connectivity index (χ3v) is 3.08. The fourth-order valence-corrected chi connectivity index (χ4v) is 1.72. The third kappa shape index (κ3) is 2.75. The van der Waals surface area contributed by atoms with Crippen LogP contribution in [0.1, 0.15) is 17.3 Å². The molecule has 1 aromatic carbocycles. The van der Waals surface area contributed by atoms with Crippen LogP contribution in [0.25, 0.3) is 0 Å². The number of aryl methyl sites for hydroxylation is 2. The van der Waals surface area contributed by atoms with E-state index in [2.05, 4.69) is 45.0 Å². The van der Waals surface area contributed by atoms with Gasteiger partial charge in [-0.05, 0) is 60.7 Å². The molecule has 2 aromatic rings. The lowest BCUT2D eigenvalue weighted by Gasteiger charge is -2.03. The van der Waals surface area contributed by atoms with E-state index in [-0.39, 0.29) is 0 Å². The van der Waals surface area contributed by atoms with Gasteiger partial charge in [0.05, 0.1) is 12.2 Å². The van der Waals surface area contributed by atoms with Gasteiger partial charge in [0.1, 0.15) is 5.76 Å². The second-order valence-corrected chi connectivity index (χ2v) is 4.86. The van der Waals surface area contributed by atoms with Gasteiger partial charge in [0.25, 0.3) is 0 Å². The summed E-state index contributed by atoms with van der Waals surface area (Å²) in [4.78, 5) is 4.31. The van der Waals surface area contributed by atoms with Crippen molar-refractivity contribution in [2.45, 2.75) is 20.4 Å². The zero-order chi connectivity index (χ0) is 11.5. The summed E-state index contributed by atoms with van der Waals surface area (Å²) >= 11 is 2.29. The number of nitrogens with one attached hydrogen (secondary N) is 1. The lowest BCUT2D eigenvalue weighted by molar-refractivity contribution is 0.478. The van der Waals surface area contributed by atoms with Gasteiger partial charge in [-0.25, -0.2) is 4.98 Å². The van der Waals surface area contributed by atoms with Crippen molar-refractivity contribution in [3.63, 3.8) is 0 Å². The van der Waals surface area contributed by atoms with Crippen molar-refractivity contribution < 1.29 is 4.42 Å². The number of oxazole rings is 1. The van der Waals surface area contributed by atoms with Crippen LogP contribution in [-0.2, 0) is 6.54 Å². The summed E-state index contributed by atoms with van der Waals surface area (Å²) in [6.07, 6.45) is 0. The molecule has 0 fully saturated rings. The molecule has 0 saturated heterocycles. The zero-order valence-electron chi connectivity index (χ0n) is 9.25. The summed E-state index contributed by atoms with van der Waals surface area (Å²) in [6.45, 7) is 4.50. The highest BCUT2D eigenvalue weighted by Gasteiger charge is 2.04. The Kier molecular flexibility index (Phi) is 3.48. The van der Waals surface area contributed by atoms with Crippen LogP contribution in [0.3, 0.4) is 0 Å². The van der Waals surface area contributed by atoms with Crippen LogP contribution in [0.4, 0.5) is 5.69 Å². The van der Waals surface area contributed by atoms with Gasteiger partial charge in [0, 0.05) is 9.26 Å². The number of benzene rings is 1. The van der Waals surface area contributed by atoms with Gasteiger partial charge in [0.15, 0.2) is 0 Å². The number of nitrogens with zero attached hydrogens (tertiary/aromatic N) is 1. The molecular formula is C12H13IN2O. The summed E-state index contributed by atoms with van der Waals surface area (Å²) in [5, 5.41) is 3.27. The fraction of sp³-hybridized carbons (Fsp3) is 0.250. The minimum Gasteiger partial charge on any atom is -0.444 e. The first kappa shape index (κ1) is 11.4. The van der Waals surface area contributed by atoms with Crippen LogP contribution in [0.5, 0.6) is 0 Å². The number of halogens is 1. The Balaban J connectivity index is 1.99. The van der Waals surface area contributed by atoms with E-state index in [0.29, 0.717) is 6.54 Å². The van der Waals surface area contributed by atoms with Gasteiger partial charge < -0.3 is 9.73 Å². The first-order valence-corrected chi connectivity index (χ1v) is 6.15. The molecule has 0 bridgehead atoms. The van der Waals surface area contributed by atoms with Crippen LogP contribution in [0, 0.1) is 17.4 Å². The molecule has 0 aliphatic carbocycles. The molecule has 0 amide bonds. The smallest absolute Gasteiger partial charge is 0.213 e. The minimum atomic E-state index is 0.620. The standard InChI is InChI=1S/C12H13IN2O/c1-8-9(2)16-12(15-8)7-14-11-5-3-10(13)4-6-11/h3-6,14H,7H2,1-2H3. The lowest BCUT2D eigenvalue weighted by atomic mass is 10.3. The third-order valence-electron chi connectivity index (χ3n) is 2.36. The van der Waals surface area contributed by atoms with Crippen molar-refractivity contribution >= 4 is 28.3 Å². The average molecular weight is 328 g/mol. The molecule has 1 heterocycles. The highest BCUT2D eigenvalue weighted by atomic mass is 127. The van der Waals surface area contributed by atoms with Crippen LogP contribution >= 0.6 is 22.6 Å². The van der Waals surface area contributed by atoms with E-state index in [0.717, 1.165) is 23.0 Å². The lowest BCUT2D eigenvalue weighted by Crippen LogP contribution is -1.99. The van der Waals surface area contributed by atoms with Crippen LogP contribution in [0.15, 0.2) is 28.7 Å². The Labute approximate surface area is 108 Å². The molecule has 0 saturated carbocycles. The zero-order valence-corrected chi connectivity index (χ0v) is 11.4. The number of hydrogen-bond acceptors (Lipinski definition) is 3. The van der Waals surface area contributed by atoms with Crippen molar-refractivity contribution in [2.75, 3.05) is 5.32 Å². The van der Waals surface area contributed by atoms with E-state index < -0.39 is 0 Å². The van der Waals surface area contributed by atoms with Gasteiger partial charge in [-0.3, -0.25) is 0 Å².